The SMILES string of the molecule is Nc1ccccc1N(CNC(=O)OCc1ccc(-n2ccnc2)cc1)C(=O)c1ccccc1. The second kappa shape index (κ2) is 10.1. The van der Waals surface area contributed by atoms with E-state index in [0.29, 0.717) is 16.9 Å². The maximum Gasteiger partial charge on any atom is 0.408 e. The number of imidazole rings is 1. The van der Waals surface area contributed by atoms with Crippen LogP contribution in [0.3, 0.4) is 0 Å². The van der Waals surface area contributed by atoms with E-state index in [2.05, 4.69) is 10.3 Å². The van der Waals surface area contributed by atoms with Crippen LogP contribution in [-0.2, 0) is 11.3 Å². The van der Waals surface area contributed by atoms with E-state index in [9.17, 15) is 9.59 Å². The Morgan fingerprint density at radius 1 is 0.970 bits per heavy atom. The molecule has 0 aliphatic carbocycles. The van der Waals surface area contributed by atoms with Crippen molar-refractivity contribution in [3.05, 3.63) is 109 Å². The van der Waals surface area contributed by atoms with Crippen molar-refractivity contribution in [2.45, 2.75) is 6.61 Å². The highest BCUT2D eigenvalue weighted by atomic mass is 16.5. The molecule has 0 aliphatic heterocycles. The van der Waals surface area contributed by atoms with Gasteiger partial charge < -0.3 is 20.4 Å². The topological polar surface area (TPSA) is 102 Å². The third-order valence-corrected chi connectivity index (χ3v) is 4.98. The molecule has 0 aliphatic rings. The molecule has 4 aromatic rings. The molecule has 3 N–H and O–H groups in total. The molecule has 1 heterocycles. The maximum absolute atomic E-state index is 13.1. The summed E-state index contributed by atoms with van der Waals surface area (Å²) in [6.45, 7) is -0.00348. The Kier molecular flexibility index (Phi) is 6.65. The number of hydrogen-bond acceptors (Lipinski definition) is 5. The Labute approximate surface area is 191 Å². The molecule has 0 saturated heterocycles. The Bertz CT molecular complexity index is 1210. The number of alkyl carbamates (subject to hydrolysis) is 1. The highest BCUT2D eigenvalue weighted by Gasteiger charge is 2.20. The molecule has 2 amide bonds. The van der Waals surface area contributed by atoms with Gasteiger partial charge in [0, 0.05) is 23.6 Å². The number of benzene rings is 3. The minimum atomic E-state index is -0.644. The smallest absolute Gasteiger partial charge is 0.408 e. The van der Waals surface area contributed by atoms with Crippen molar-refractivity contribution in [3.63, 3.8) is 0 Å². The highest BCUT2D eigenvalue weighted by molar-refractivity contribution is 6.07. The monoisotopic (exact) mass is 441 g/mol. The molecule has 166 valence electrons. The van der Waals surface area contributed by atoms with Crippen LogP contribution in [0.15, 0.2) is 97.6 Å². The molecule has 3 aromatic carbocycles. The lowest BCUT2D eigenvalue weighted by Crippen LogP contribution is -2.42. The standard InChI is InChI=1S/C25H23N5O3/c26-22-8-4-5-9-23(22)30(24(31)20-6-2-1-3-7-20)18-28-25(32)33-16-19-10-12-21(13-11-19)29-15-14-27-17-29/h1-15,17H,16,18,26H2,(H,28,32). The van der Waals surface area contributed by atoms with E-state index in [0.717, 1.165) is 11.3 Å². The number of aromatic nitrogens is 2. The van der Waals surface area contributed by atoms with Crippen molar-refractivity contribution in [1.82, 2.24) is 14.9 Å². The average Bonchev–Trinajstić information content (AvgIpc) is 3.40. The lowest BCUT2D eigenvalue weighted by molar-refractivity contribution is 0.0983. The number of para-hydroxylation sites is 2. The number of carbonyl (C=O) groups excluding carboxylic acids is 2. The van der Waals surface area contributed by atoms with E-state index in [-0.39, 0.29) is 19.2 Å². The first-order valence-electron chi connectivity index (χ1n) is 10.3. The zero-order valence-corrected chi connectivity index (χ0v) is 17.8. The van der Waals surface area contributed by atoms with E-state index in [1.54, 1.807) is 61.1 Å². The molecular weight excluding hydrogens is 418 g/mol. The summed E-state index contributed by atoms with van der Waals surface area (Å²) < 4.78 is 7.20. The molecule has 0 unspecified atom stereocenters. The van der Waals surface area contributed by atoms with Crippen LogP contribution in [0, 0.1) is 0 Å². The number of ether oxygens (including phenoxy) is 1. The molecule has 0 spiro atoms. The zero-order chi connectivity index (χ0) is 23.0. The quantitative estimate of drug-likeness (QED) is 0.334. The molecule has 0 fully saturated rings. The first kappa shape index (κ1) is 21.6. The fourth-order valence-corrected chi connectivity index (χ4v) is 3.26. The van der Waals surface area contributed by atoms with Crippen molar-refractivity contribution < 1.29 is 14.3 Å². The number of hydrogen-bond donors (Lipinski definition) is 2. The second-order valence-corrected chi connectivity index (χ2v) is 7.21. The number of nitrogens with zero attached hydrogens (tertiary/aromatic N) is 3. The van der Waals surface area contributed by atoms with E-state index >= 15 is 0 Å². The Balaban J connectivity index is 1.38. The van der Waals surface area contributed by atoms with Gasteiger partial charge in [0.1, 0.15) is 13.3 Å². The van der Waals surface area contributed by atoms with Gasteiger partial charge in [-0.15, -0.1) is 0 Å². The van der Waals surface area contributed by atoms with Crippen LogP contribution in [0.25, 0.3) is 5.69 Å². The molecule has 0 atom stereocenters. The van der Waals surface area contributed by atoms with Crippen LogP contribution < -0.4 is 16.0 Å². The summed E-state index contributed by atoms with van der Waals surface area (Å²) in [5.74, 6) is -0.288. The van der Waals surface area contributed by atoms with Crippen LogP contribution in [0.2, 0.25) is 0 Å². The first-order chi connectivity index (χ1) is 16.1. The van der Waals surface area contributed by atoms with Gasteiger partial charge in [-0.1, -0.05) is 42.5 Å². The summed E-state index contributed by atoms with van der Waals surface area (Å²) in [6, 6.07) is 23.4. The van der Waals surface area contributed by atoms with Crippen molar-refractivity contribution in [2.24, 2.45) is 0 Å². The van der Waals surface area contributed by atoms with Gasteiger partial charge in [0.25, 0.3) is 5.91 Å². The molecule has 0 radical (unpaired) electrons. The van der Waals surface area contributed by atoms with Crippen LogP contribution in [0.4, 0.5) is 16.2 Å². The second-order valence-electron chi connectivity index (χ2n) is 7.21. The predicted octanol–water partition coefficient (Wildman–Crippen LogP) is 3.99. The number of nitrogen functional groups attached to an aromatic ring is 1. The minimum absolute atomic E-state index is 0.0934. The maximum atomic E-state index is 13.1. The zero-order valence-electron chi connectivity index (χ0n) is 17.8. The molecule has 8 nitrogen and oxygen atoms in total. The molecule has 4 rings (SSSR count). The Hall–Kier alpha value is -4.59. The van der Waals surface area contributed by atoms with E-state index in [4.69, 9.17) is 10.5 Å². The molecule has 33 heavy (non-hydrogen) atoms. The fourth-order valence-electron chi connectivity index (χ4n) is 3.26. The molecular formula is C25H23N5O3. The van der Waals surface area contributed by atoms with Crippen molar-refractivity contribution >= 4 is 23.4 Å². The lowest BCUT2D eigenvalue weighted by atomic mass is 10.1. The number of nitrogens with one attached hydrogen (secondary N) is 1. The Morgan fingerprint density at radius 2 is 1.70 bits per heavy atom. The summed E-state index contributed by atoms with van der Waals surface area (Å²) >= 11 is 0. The van der Waals surface area contributed by atoms with Gasteiger partial charge in [-0.3, -0.25) is 9.69 Å². The van der Waals surface area contributed by atoms with Crippen LogP contribution in [-0.4, -0.2) is 28.2 Å². The molecule has 8 heteroatoms. The van der Waals surface area contributed by atoms with Crippen LogP contribution >= 0.6 is 0 Å². The summed E-state index contributed by atoms with van der Waals surface area (Å²) in [4.78, 5) is 30.9. The highest BCUT2D eigenvalue weighted by Crippen LogP contribution is 2.23. The largest absolute Gasteiger partial charge is 0.445 e. The van der Waals surface area contributed by atoms with Gasteiger partial charge in [-0.05, 0) is 42.0 Å². The average molecular weight is 441 g/mol. The summed E-state index contributed by atoms with van der Waals surface area (Å²) in [5, 5.41) is 2.64. The normalized spacial score (nSPS) is 10.4. The first-order valence-corrected chi connectivity index (χ1v) is 10.3. The number of nitrogens with two attached hydrogens (primary N) is 1. The van der Waals surface area contributed by atoms with Gasteiger partial charge in [-0.25, -0.2) is 9.78 Å². The Morgan fingerprint density at radius 3 is 2.39 bits per heavy atom. The third kappa shape index (κ3) is 5.37. The minimum Gasteiger partial charge on any atom is -0.445 e. The van der Waals surface area contributed by atoms with Gasteiger partial charge in [0.15, 0.2) is 0 Å². The van der Waals surface area contributed by atoms with Gasteiger partial charge in [-0.2, -0.15) is 0 Å². The summed E-state index contributed by atoms with van der Waals surface area (Å²) in [5.41, 5.74) is 9.28. The number of rotatable bonds is 7. The molecule has 1 aromatic heterocycles. The number of anilines is 2. The summed E-state index contributed by atoms with van der Waals surface area (Å²) in [6.07, 6.45) is 4.62. The fraction of sp³-hybridized carbons (Fsp3) is 0.0800. The van der Waals surface area contributed by atoms with E-state index in [1.807, 2.05) is 41.1 Å². The number of amides is 2. The third-order valence-electron chi connectivity index (χ3n) is 4.98. The van der Waals surface area contributed by atoms with Gasteiger partial charge in [0.05, 0.1) is 17.7 Å². The van der Waals surface area contributed by atoms with Crippen molar-refractivity contribution in [2.75, 3.05) is 17.3 Å². The lowest BCUT2D eigenvalue weighted by Gasteiger charge is -2.24. The number of carbonyl (C=O) groups is 2. The molecule has 0 bridgehead atoms. The van der Waals surface area contributed by atoms with Crippen LogP contribution in [0.1, 0.15) is 15.9 Å². The predicted molar refractivity (Wildman–Crippen MR) is 126 cm³/mol. The van der Waals surface area contributed by atoms with Crippen molar-refractivity contribution in [1.29, 1.82) is 0 Å². The molecule has 0 saturated carbocycles. The van der Waals surface area contributed by atoms with Gasteiger partial charge >= 0.3 is 6.09 Å². The van der Waals surface area contributed by atoms with Gasteiger partial charge in [0.2, 0.25) is 0 Å². The van der Waals surface area contributed by atoms with Crippen molar-refractivity contribution in [3.8, 4) is 5.69 Å². The van der Waals surface area contributed by atoms with E-state index < -0.39 is 6.09 Å². The summed E-state index contributed by atoms with van der Waals surface area (Å²) in [7, 11) is 0. The van der Waals surface area contributed by atoms with Crippen LogP contribution in [0.5, 0.6) is 0 Å². The van der Waals surface area contributed by atoms with E-state index in [1.165, 1.54) is 4.90 Å².